The van der Waals surface area contributed by atoms with Gasteiger partial charge in [0.1, 0.15) is 12.4 Å². The molecule has 7 nitrogen and oxygen atoms in total. The molecule has 1 aliphatic carbocycles. The monoisotopic (exact) mass is 339 g/mol. The second-order valence-corrected chi connectivity index (χ2v) is 6.60. The van der Waals surface area contributed by atoms with Crippen LogP contribution in [0.3, 0.4) is 0 Å². The number of benzene rings is 1. The first-order valence-corrected chi connectivity index (χ1v) is 8.72. The average molecular weight is 339 g/mol. The summed E-state index contributed by atoms with van der Waals surface area (Å²) in [4.78, 5) is 17.3. The molecule has 1 unspecified atom stereocenters. The molecule has 0 bridgehead atoms. The van der Waals surface area contributed by atoms with E-state index >= 15 is 0 Å². The standard InChI is InChI=1S/C18H21N5O2/c1-2-14(24)10-22-16(20-17(21-22)12-7-8-12)11-23-18(25)15-6-4-3-5-13(15)9-19-23/h3-6,9,12,14,24H,2,7-8,10-11H2,1H3. The van der Waals surface area contributed by atoms with E-state index in [4.69, 9.17) is 0 Å². The van der Waals surface area contributed by atoms with Crippen molar-refractivity contribution >= 4 is 10.8 Å². The maximum Gasteiger partial charge on any atom is 0.275 e. The Labute approximate surface area is 144 Å². The van der Waals surface area contributed by atoms with Crippen LogP contribution in [0.1, 0.15) is 43.8 Å². The quantitative estimate of drug-likeness (QED) is 0.738. The van der Waals surface area contributed by atoms with E-state index in [1.807, 2.05) is 25.1 Å². The lowest BCUT2D eigenvalue weighted by molar-refractivity contribution is 0.143. The van der Waals surface area contributed by atoms with Gasteiger partial charge in [0.05, 0.1) is 24.2 Å². The van der Waals surface area contributed by atoms with E-state index < -0.39 is 6.10 Å². The van der Waals surface area contributed by atoms with Crippen molar-refractivity contribution in [2.45, 2.75) is 51.3 Å². The zero-order valence-electron chi connectivity index (χ0n) is 14.2. The van der Waals surface area contributed by atoms with Gasteiger partial charge in [0.2, 0.25) is 0 Å². The van der Waals surface area contributed by atoms with Crippen molar-refractivity contribution in [3.63, 3.8) is 0 Å². The van der Waals surface area contributed by atoms with Crippen LogP contribution >= 0.6 is 0 Å². The SMILES string of the molecule is CCC(O)Cn1nc(C2CC2)nc1Cn1ncc2ccccc2c1=O. The molecule has 1 N–H and O–H groups in total. The van der Waals surface area contributed by atoms with Gasteiger partial charge in [-0.05, 0) is 25.3 Å². The summed E-state index contributed by atoms with van der Waals surface area (Å²) < 4.78 is 3.14. The summed E-state index contributed by atoms with van der Waals surface area (Å²) in [5.41, 5.74) is -0.142. The van der Waals surface area contributed by atoms with Crippen LogP contribution in [0.15, 0.2) is 35.3 Å². The predicted octanol–water partition coefficient (Wildman–Crippen LogP) is 1.68. The third kappa shape index (κ3) is 3.19. The molecule has 1 fully saturated rings. The minimum absolute atomic E-state index is 0.142. The van der Waals surface area contributed by atoms with E-state index in [-0.39, 0.29) is 12.1 Å². The Kier molecular flexibility index (Phi) is 4.09. The molecule has 1 aromatic carbocycles. The van der Waals surface area contributed by atoms with Crippen molar-refractivity contribution < 1.29 is 5.11 Å². The highest BCUT2D eigenvalue weighted by atomic mass is 16.3. The molecule has 1 atom stereocenters. The first-order valence-electron chi connectivity index (χ1n) is 8.72. The van der Waals surface area contributed by atoms with Gasteiger partial charge in [-0.15, -0.1) is 0 Å². The summed E-state index contributed by atoms with van der Waals surface area (Å²) >= 11 is 0. The first kappa shape index (κ1) is 16.0. The maximum absolute atomic E-state index is 12.7. The maximum atomic E-state index is 12.7. The molecule has 2 aromatic heterocycles. The van der Waals surface area contributed by atoms with Crippen LogP contribution in [0.4, 0.5) is 0 Å². The zero-order chi connectivity index (χ0) is 17.4. The topological polar surface area (TPSA) is 85.8 Å². The lowest BCUT2D eigenvalue weighted by Gasteiger charge is -2.11. The zero-order valence-corrected chi connectivity index (χ0v) is 14.2. The lowest BCUT2D eigenvalue weighted by Crippen LogP contribution is -2.26. The molecule has 0 saturated heterocycles. The Morgan fingerprint density at radius 1 is 1.28 bits per heavy atom. The Morgan fingerprint density at radius 3 is 2.84 bits per heavy atom. The minimum atomic E-state index is -0.478. The van der Waals surface area contributed by atoms with Crippen LogP contribution in [0, 0.1) is 0 Å². The summed E-state index contributed by atoms with van der Waals surface area (Å²) in [7, 11) is 0. The number of aliphatic hydroxyl groups excluding tert-OH is 1. The van der Waals surface area contributed by atoms with Crippen LogP contribution < -0.4 is 5.56 Å². The van der Waals surface area contributed by atoms with Crippen LogP contribution in [-0.4, -0.2) is 35.8 Å². The number of aromatic nitrogens is 5. The van der Waals surface area contributed by atoms with E-state index in [0.29, 0.717) is 30.1 Å². The molecule has 0 spiro atoms. The fourth-order valence-corrected chi connectivity index (χ4v) is 2.87. The third-order valence-corrected chi connectivity index (χ3v) is 4.62. The number of fused-ring (bicyclic) bond motifs is 1. The predicted molar refractivity (Wildman–Crippen MR) is 93.4 cm³/mol. The lowest BCUT2D eigenvalue weighted by atomic mass is 10.2. The molecule has 7 heteroatoms. The molecule has 0 radical (unpaired) electrons. The van der Waals surface area contributed by atoms with Crippen molar-refractivity contribution in [1.29, 1.82) is 0 Å². The number of nitrogens with zero attached hydrogens (tertiary/aromatic N) is 5. The van der Waals surface area contributed by atoms with E-state index in [1.165, 1.54) is 4.68 Å². The van der Waals surface area contributed by atoms with Crippen molar-refractivity contribution in [1.82, 2.24) is 24.5 Å². The van der Waals surface area contributed by atoms with Gasteiger partial charge in [-0.25, -0.2) is 14.3 Å². The molecular formula is C18H21N5O2. The van der Waals surface area contributed by atoms with Crippen molar-refractivity contribution in [3.05, 3.63) is 52.5 Å². The van der Waals surface area contributed by atoms with E-state index in [0.717, 1.165) is 24.1 Å². The molecule has 2 heterocycles. The molecule has 4 rings (SSSR count). The van der Waals surface area contributed by atoms with Gasteiger partial charge >= 0.3 is 0 Å². The van der Waals surface area contributed by atoms with Crippen molar-refractivity contribution in [2.75, 3.05) is 0 Å². The molecule has 0 aliphatic heterocycles. The van der Waals surface area contributed by atoms with E-state index in [1.54, 1.807) is 16.9 Å². The van der Waals surface area contributed by atoms with Gasteiger partial charge in [0, 0.05) is 11.3 Å². The number of hydrogen-bond acceptors (Lipinski definition) is 5. The summed E-state index contributed by atoms with van der Waals surface area (Å²) in [6.07, 6.45) is 4.07. The molecule has 0 amide bonds. The third-order valence-electron chi connectivity index (χ3n) is 4.62. The highest BCUT2D eigenvalue weighted by Crippen LogP contribution is 2.38. The second-order valence-electron chi connectivity index (χ2n) is 6.60. The van der Waals surface area contributed by atoms with Gasteiger partial charge in [-0.1, -0.05) is 25.1 Å². The first-order chi connectivity index (χ1) is 12.2. The Morgan fingerprint density at radius 2 is 2.08 bits per heavy atom. The smallest absolute Gasteiger partial charge is 0.275 e. The normalized spacial score (nSPS) is 15.6. The fraction of sp³-hybridized carbons (Fsp3) is 0.444. The molecule has 130 valence electrons. The summed E-state index contributed by atoms with van der Waals surface area (Å²) in [6, 6.07) is 7.41. The molecule has 3 aromatic rings. The van der Waals surface area contributed by atoms with Crippen molar-refractivity contribution in [3.8, 4) is 0 Å². The minimum Gasteiger partial charge on any atom is -0.391 e. The van der Waals surface area contributed by atoms with Gasteiger partial charge in [-0.3, -0.25) is 4.79 Å². The summed E-state index contributed by atoms with van der Waals surface area (Å²) in [5.74, 6) is 1.89. The Hall–Kier alpha value is -2.54. The van der Waals surface area contributed by atoms with Crippen LogP contribution in [0.2, 0.25) is 0 Å². The van der Waals surface area contributed by atoms with Crippen LogP contribution in [0.25, 0.3) is 10.8 Å². The largest absolute Gasteiger partial charge is 0.391 e. The summed E-state index contributed by atoms with van der Waals surface area (Å²) in [5, 5.41) is 20.3. The van der Waals surface area contributed by atoms with Gasteiger partial charge in [-0.2, -0.15) is 10.2 Å². The van der Waals surface area contributed by atoms with Gasteiger partial charge < -0.3 is 5.11 Å². The average Bonchev–Trinajstić information content (AvgIpc) is 3.41. The molecule has 25 heavy (non-hydrogen) atoms. The molecular weight excluding hydrogens is 318 g/mol. The fourth-order valence-electron chi connectivity index (χ4n) is 2.87. The highest BCUT2D eigenvalue weighted by molar-refractivity contribution is 5.80. The number of rotatable bonds is 6. The number of hydrogen-bond donors (Lipinski definition) is 1. The van der Waals surface area contributed by atoms with E-state index in [2.05, 4.69) is 15.2 Å². The highest BCUT2D eigenvalue weighted by Gasteiger charge is 2.29. The number of aliphatic hydroxyl groups is 1. The second kappa shape index (κ2) is 6.40. The van der Waals surface area contributed by atoms with Crippen molar-refractivity contribution in [2.24, 2.45) is 0 Å². The summed E-state index contributed by atoms with van der Waals surface area (Å²) in [6.45, 7) is 2.56. The van der Waals surface area contributed by atoms with Crippen LogP contribution in [0.5, 0.6) is 0 Å². The Bertz CT molecular complexity index is 957. The Balaban J connectivity index is 1.70. The van der Waals surface area contributed by atoms with Gasteiger partial charge in [0.15, 0.2) is 5.82 Å². The van der Waals surface area contributed by atoms with Crippen LogP contribution in [-0.2, 0) is 13.1 Å². The molecule has 1 aliphatic rings. The van der Waals surface area contributed by atoms with Gasteiger partial charge in [0.25, 0.3) is 5.56 Å². The van der Waals surface area contributed by atoms with E-state index in [9.17, 15) is 9.90 Å². The molecule has 1 saturated carbocycles.